The van der Waals surface area contributed by atoms with E-state index in [0.29, 0.717) is 0 Å². The largest absolute Gasteiger partial charge is 0.507 e. The summed E-state index contributed by atoms with van der Waals surface area (Å²) in [5, 5.41) is 19.0. The number of aromatic hydroxyl groups is 1. The molecule has 0 heterocycles. The first kappa shape index (κ1) is 39.8. The second kappa shape index (κ2) is 16.2. The van der Waals surface area contributed by atoms with Crippen LogP contribution in [0, 0.1) is 41.5 Å². The number of anilines is 3. The van der Waals surface area contributed by atoms with E-state index in [-0.39, 0.29) is 12.5 Å². The van der Waals surface area contributed by atoms with E-state index in [1.54, 1.807) is 0 Å². The highest BCUT2D eigenvalue weighted by Crippen LogP contribution is 2.45. The minimum atomic E-state index is 0.112. The van der Waals surface area contributed by atoms with Gasteiger partial charge in [0, 0.05) is 28.7 Å². The van der Waals surface area contributed by atoms with Crippen LogP contribution in [0.4, 0.5) is 17.1 Å². The lowest BCUT2D eigenvalue weighted by atomic mass is 9.34. The first-order valence-electron chi connectivity index (χ1n) is 22.0. The summed E-state index contributed by atoms with van der Waals surface area (Å²) < 4.78 is 0. The molecule has 0 fully saturated rings. The van der Waals surface area contributed by atoms with Gasteiger partial charge in [-0.2, -0.15) is 0 Å². The fourth-order valence-electron chi connectivity index (χ4n) is 10.5. The van der Waals surface area contributed by atoms with Gasteiger partial charge in [0.1, 0.15) is 5.75 Å². The first-order valence-corrected chi connectivity index (χ1v) is 22.0. The molecule has 0 amide bonds. The van der Waals surface area contributed by atoms with Gasteiger partial charge in [0.15, 0.2) is 0 Å². The summed E-state index contributed by atoms with van der Waals surface area (Å²) in [6.45, 7) is 13.6. The Kier molecular flexibility index (Phi) is 10.2. The third kappa shape index (κ3) is 7.14. The molecule has 0 aliphatic rings. The van der Waals surface area contributed by atoms with Crippen molar-refractivity contribution in [2.24, 2.45) is 0 Å². The predicted molar refractivity (Wildman–Crippen MR) is 272 cm³/mol. The van der Waals surface area contributed by atoms with E-state index in [9.17, 15) is 5.11 Å². The van der Waals surface area contributed by atoms with Gasteiger partial charge in [-0.1, -0.05) is 183 Å². The average molecular weight is 812 g/mol. The molecule has 10 aromatic rings. The van der Waals surface area contributed by atoms with Gasteiger partial charge < -0.3 is 10.0 Å². The van der Waals surface area contributed by atoms with E-state index in [1.165, 1.54) is 77.1 Å². The first-order chi connectivity index (χ1) is 30.6. The van der Waals surface area contributed by atoms with E-state index < -0.39 is 0 Å². The molecular weight excluding hydrogens is 761 g/mol. The SMILES string of the molecule is Cc1cc(C)c(B(c2ccc(-c3cc4c5ccccc5c(-c5ccc(N(c6ccccc6)c6ccccc6)cc5O)cc4c4ccccc34)cc2)c2c(C)cc(C)cc2C)c(C)c1. The maximum Gasteiger partial charge on any atom is 0.242 e. The maximum absolute atomic E-state index is 12.0. The topological polar surface area (TPSA) is 23.5 Å². The van der Waals surface area contributed by atoms with Crippen LogP contribution >= 0.6 is 0 Å². The van der Waals surface area contributed by atoms with Crippen molar-refractivity contribution < 1.29 is 5.11 Å². The van der Waals surface area contributed by atoms with Gasteiger partial charge in [-0.25, -0.2) is 0 Å². The van der Waals surface area contributed by atoms with Gasteiger partial charge in [-0.3, -0.25) is 0 Å². The molecule has 0 radical (unpaired) electrons. The third-order valence-electron chi connectivity index (χ3n) is 13.0. The van der Waals surface area contributed by atoms with Crippen LogP contribution in [-0.4, -0.2) is 11.8 Å². The Morgan fingerprint density at radius 2 is 0.778 bits per heavy atom. The number of para-hydroxylation sites is 2. The summed E-state index contributed by atoms with van der Waals surface area (Å²) in [5.41, 5.74) is 19.1. The molecule has 1 N–H and O–H groups in total. The predicted octanol–water partition coefficient (Wildman–Crippen LogP) is 14.0. The molecule has 0 spiro atoms. The van der Waals surface area contributed by atoms with Crippen molar-refractivity contribution in [2.75, 3.05) is 4.90 Å². The second-order valence-electron chi connectivity index (χ2n) is 17.4. The Hall–Kier alpha value is -7.36. The zero-order valence-corrected chi connectivity index (χ0v) is 36.9. The lowest BCUT2D eigenvalue weighted by molar-refractivity contribution is 0.477. The zero-order chi connectivity index (χ0) is 43.4. The van der Waals surface area contributed by atoms with Gasteiger partial charge in [0.05, 0.1) is 0 Å². The summed E-state index contributed by atoms with van der Waals surface area (Å²) in [4.78, 5) is 2.18. The molecular formula is C60H50BNO. The smallest absolute Gasteiger partial charge is 0.242 e. The van der Waals surface area contributed by atoms with E-state index in [0.717, 1.165) is 44.3 Å². The zero-order valence-electron chi connectivity index (χ0n) is 36.9. The third-order valence-corrected chi connectivity index (χ3v) is 13.0. The van der Waals surface area contributed by atoms with Crippen LogP contribution in [0.3, 0.4) is 0 Å². The van der Waals surface area contributed by atoms with Crippen LogP contribution in [-0.2, 0) is 0 Å². The van der Waals surface area contributed by atoms with E-state index in [4.69, 9.17) is 0 Å². The lowest BCUT2D eigenvalue weighted by Crippen LogP contribution is -2.55. The molecule has 10 rings (SSSR count). The Morgan fingerprint density at radius 1 is 0.349 bits per heavy atom. The molecule has 2 nitrogen and oxygen atoms in total. The molecule has 0 bridgehead atoms. The summed E-state index contributed by atoms with van der Waals surface area (Å²) >= 11 is 0. The molecule has 0 saturated heterocycles. The molecule has 0 unspecified atom stereocenters. The standard InChI is InChI=1S/C60H50BNO/c1-38-31-40(3)59(41(4)32-38)61(60-42(5)33-39(2)34-43(60)6)45-27-25-44(26-28-45)54-36-56-52-24-16-15-23-51(52)55(37-57(56)50-22-14-13-21-49(50)54)53-30-29-48(35-58(53)63)62(46-17-9-7-10-18-46)47-19-11-8-12-20-47/h7-37,63H,1-6H3. The van der Waals surface area contributed by atoms with Crippen molar-refractivity contribution in [3.63, 3.8) is 0 Å². The second-order valence-corrected chi connectivity index (χ2v) is 17.4. The summed E-state index contributed by atoms with van der Waals surface area (Å²) in [6, 6.07) is 67.5. The van der Waals surface area contributed by atoms with Crippen LogP contribution in [0.25, 0.3) is 54.6 Å². The van der Waals surface area contributed by atoms with Gasteiger partial charge >= 0.3 is 0 Å². The number of phenols is 1. The summed E-state index contributed by atoms with van der Waals surface area (Å²) in [6.07, 6.45) is 0. The molecule has 63 heavy (non-hydrogen) atoms. The van der Waals surface area contributed by atoms with E-state index in [2.05, 4.69) is 192 Å². The van der Waals surface area contributed by atoms with Crippen molar-refractivity contribution in [1.82, 2.24) is 0 Å². The molecule has 304 valence electrons. The molecule has 0 atom stereocenters. The van der Waals surface area contributed by atoms with E-state index in [1.807, 2.05) is 42.5 Å². The number of hydrogen-bond donors (Lipinski definition) is 1. The monoisotopic (exact) mass is 811 g/mol. The highest BCUT2D eigenvalue weighted by atomic mass is 16.3. The molecule has 0 aliphatic carbocycles. The minimum Gasteiger partial charge on any atom is -0.507 e. The maximum atomic E-state index is 12.0. The number of fused-ring (bicyclic) bond motifs is 5. The number of benzene rings is 10. The fraction of sp³-hybridized carbons (Fsp3) is 0.100. The Labute approximate surface area is 371 Å². The van der Waals surface area contributed by atoms with Crippen molar-refractivity contribution in [1.29, 1.82) is 0 Å². The average Bonchev–Trinajstić information content (AvgIpc) is 3.28. The van der Waals surface area contributed by atoms with Gasteiger partial charge in [-0.05, 0) is 139 Å². The Bertz CT molecular complexity index is 3210. The van der Waals surface area contributed by atoms with Gasteiger partial charge in [0.2, 0.25) is 6.71 Å². The number of nitrogens with zero attached hydrogens (tertiary/aromatic N) is 1. The molecule has 3 heteroatoms. The van der Waals surface area contributed by atoms with Crippen LogP contribution in [0.2, 0.25) is 0 Å². The van der Waals surface area contributed by atoms with Crippen molar-refractivity contribution in [3.05, 3.63) is 221 Å². The van der Waals surface area contributed by atoms with E-state index >= 15 is 0 Å². The van der Waals surface area contributed by atoms with Crippen LogP contribution in [0.1, 0.15) is 33.4 Å². The quantitative estimate of drug-likeness (QED) is 0.122. The number of rotatable bonds is 8. The van der Waals surface area contributed by atoms with Crippen molar-refractivity contribution in [2.45, 2.75) is 41.5 Å². The van der Waals surface area contributed by atoms with Crippen molar-refractivity contribution >= 4 is 72.5 Å². The molecule has 10 aromatic carbocycles. The highest BCUT2D eigenvalue weighted by Gasteiger charge is 2.29. The van der Waals surface area contributed by atoms with Gasteiger partial charge in [-0.15, -0.1) is 0 Å². The molecule has 0 aromatic heterocycles. The summed E-state index contributed by atoms with van der Waals surface area (Å²) in [5.74, 6) is 0.236. The molecule has 0 aliphatic heterocycles. The van der Waals surface area contributed by atoms with Crippen molar-refractivity contribution in [3.8, 4) is 28.0 Å². The number of phenolic OH excluding ortho intramolecular Hbond substituents is 1. The van der Waals surface area contributed by atoms with Crippen LogP contribution in [0.5, 0.6) is 5.75 Å². The lowest BCUT2D eigenvalue weighted by Gasteiger charge is -2.26. The normalized spacial score (nSPS) is 11.4. The highest BCUT2D eigenvalue weighted by molar-refractivity contribution is 6.96. The van der Waals surface area contributed by atoms with Gasteiger partial charge in [0.25, 0.3) is 0 Å². The number of hydrogen-bond acceptors (Lipinski definition) is 2. The summed E-state index contributed by atoms with van der Waals surface area (Å²) in [7, 11) is 0. The fourth-order valence-corrected chi connectivity index (χ4v) is 10.5. The van der Waals surface area contributed by atoms with Crippen LogP contribution in [0.15, 0.2) is 188 Å². The molecule has 0 saturated carbocycles. The minimum absolute atomic E-state index is 0.112. The van der Waals surface area contributed by atoms with Crippen LogP contribution < -0.4 is 21.3 Å². The number of aryl methyl sites for hydroxylation is 6. The Morgan fingerprint density at radius 3 is 1.25 bits per heavy atom. The Balaban J connectivity index is 1.11.